The van der Waals surface area contributed by atoms with Gasteiger partial charge in [0.25, 0.3) is 0 Å². The van der Waals surface area contributed by atoms with Gasteiger partial charge in [0.15, 0.2) is 5.82 Å². The first-order valence-corrected chi connectivity index (χ1v) is 7.87. The third kappa shape index (κ3) is 2.81. The Balaban J connectivity index is 1.78. The molecule has 116 valence electrons. The van der Waals surface area contributed by atoms with Gasteiger partial charge in [-0.15, -0.1) is 0 Å². The van der Waals surface area contributed by atoms with E-state index in [1.54, 1.807) is 0 Å². The Labute approximate surface area is 124 Å². The lowest BCUT2D eigenvalue weighted by Gasteiger charge is -2.31. The van der Waals surface area contributed by atoms with Crippen molar-refractivity contribution in [3.63, 3.8) is 0 Å². The summed E-state index contributed by atoms with van der Waals surface area (Å²) in [5.74, 6) is 1.23. The van der Waals surface area contributed by atoms with Gasteiger partial charge in [-0.25, -0.2) is 0 Å². The van der Waals surface area contributed by atoms with Crippen molar-refractivity contribution in [1.29, 1.82) is 0 Å². The lowest BCUT2D eigenvalue weighted by molar-refractivity contribution is -0.143. The summed E-state index contributed by atoms with van der Waals surface area (Å²) in [5.41, 5.74) is 0. The van der Waals surface area contributed by atoms with Gasteiger partial charge < -0.3 is 9.63 Å². The van der Waals surface area contributed by atoms with E-state index in [-0.39, 0.29) is 5.92 Å². The van der Waals surface area contributed by atoms with Crippen molar-refractivity contribution in [2.45, 2.75) is 70.5 Å². The van der Waals surface area contributed by atoms with Crippen LogP contribution in [-0.4, -0.2) is 38.2 Å². The zero-order valence-corrected chi connectivity index (χ0v) is 12.7. The van der Waals surface area contributed by atoms with Crippen LogP contribution in [-0.2, 0) is 11.3 Å². The van der Waals surface area contributed by atoms with Crippen molar-refractivity contribution in [1.82, 2.24) is 15.0 Å². The minimum absolute atomic E-state index is 0.221. The smallest absolute Gasteiger partial charge is 0.320 e. The Morgan fingerprint density at radius 1 is 1.43 bits per heavy atom. The number of hydrogen-bond acceptors (Lipinski definition) is 5. The molecule has 3 atom stereocenters. The number of carboxylic acid groups (broad SMARTS) is 1. The second-order valence-electron chi connectivity index (χ2n) is 6.57. The van der Waals surface area contributed by atoms with Crippen LogP contribution in [0, 0.1) is 5.92 Å². The minimum atomic E-state index is -0.729. The van der Waals surface area contributed by atoms with E-state index in [0.717, 1.165) is 19.3 Å². The number of aliphatic carboxylic acids is 1. The third-order valence-electron chi connectivity index (χ3n) is 4.82. The number of likely N-dealkylation sites (tertiary alicyclic amines) is 1. The number of aromatic nitrogens is 2. The van der Waals surface area contributed by atoms with Crippen molar-refractivity contribution >= 4 is 5.97 Å². The lowest BCUT2D eigenvalue weighted by Crippen LogP contribution is -2.41. The highest BCUT2D eigenvalue weighted by Gasteiger charge is 2.45. The van der Waals surface area contributed by atoms with Crippen LogP contribution in [0.3, 0.4) is 0 Å². The van der Waals surface area contributed by atoms with Crippen molar-refractivity contribution < 1.29 is 14.4 Å². The topological polar surface area (TPSA) is 79.5 Å². The average Bonchev–Trinajstić information content (AvgIpc) is 3.05. The second-order valence-corrected chi connectivity index (χ2v) is 6.57. The normalized spacial score (nSPS) is 29.8. The minimum Gasteiger partial charge on any atom is -0.480 e. The number of rotatable bonds is 4. The maximum absolute atomic E-state index is 11.6. The first-order chi connectivity index (χ1) is 10.1. The zero-order chi connectivity index (χ0) is 15.0. The number of hydrogen-bond donors (Lipinski definition) is 1. The van der Waals surface area contributed by atoms with E-state index in [2.05, 4.69) is 15.0 Å². The van der Waals surface area contributed by atoms with Gasteiger partial charge in [-0.2, -0.15) is 4.98 Å². The molecule has 0 bridgehead atoms. The van der Waals surface area contributed by atoms with Crippen LogP contribution in [0.15, 0.2) is 4.52 Å². The van der Waals surface area contributed by atoms with Crippen LogP contribution in [0.25, 0.3) is 0 Å². The van der Waals surface area contributed by atoms with Crippen LogP contribution in [0.4, 0.5) is 0 Å². The fourth-order valence-electron chi connectivity index (χ4n) is 3.75. The highest BCUT2D eigenvalue weighted by molar-refractivity contribution is 5.74. The SMILES string of the molecule is CC(C)c1noc(CN2C(C(=O)O)CC3CCCCC32)n1. The monoisotopic (exact) mass is 293 g/mol. The summed E-state index contributed by atoms with van der Waals surface area (Å²) < 4.78 is 5.30. The summed E-state index contributed by atoms with van der Waals surface area (Å²) in [5, 5.41) is 13.5. The number of carboxylic acids is 1. The average molecular weight is 293 g/mol. The van der Waals surface area contributed by atoms with E-state index in [4.69, 9.17) is 4.52 Å². The van der Waals surface area contributed by atoms with Gasteiger partial charge in [0.05, 0.1) is 6.54 Å². The molecule has 0 radical (unpaired) electrons. The van der Waals surface area contributed by atoms with Crippen molar-refractivity contribution in [2.24, 2.45) is 5.92 Å². The number of carbonyl (C=O) groups is 1. The first-order valence-electron chi connectivity index (χ1n) is 7.87. The third-order valence-corrected chi connectivity index (χ3v) is 4.82. The lowest BCUT2D eigenvalue weighted by atomic mass is 9.85. The predicted octanol–water partition coefficient (Wildman–Crippen LogP) is 2.41. The molecule has 3 unspecified atom stereocenters. The Hall–Kier alpha value is -1.43. The molecule has 3 rings (SSSR count). The fraction of sp³-hybridized carbons (Fsp3) is 0.800. The fourth-order valence-corrected chi connectivity index (χ4v) is 3.75. The molecule has 6 nitrogen and oxygen atoms in total. The van der Waals surface area contributed by atoms with E-state index >= 15 is 0 Å². The number of fused-ring (bicyclic) bond motifs is 1. The summed E-state index contributed by atoms with van der Waals surface area (Å²) in [7, 11) is 0. The van der Waals surface area contributed by atoms with Crippen LogP contribution in [0.5, 0.6) is 0 Å². The molecular weight excluding hydrogens is 270 g/mol. The Morgan fingerprint density at radius 2 is 2.19 bits per heavy atom. The Morgan fingerprint density at radius 3 is 2.86 bits per heavy atom. The molecule has 1 aliphatic heterocycles. The van der Waals surface area contributed by atoms with Crippen molar-refractivity contribution in [3.8, 4) is 0 Å². The maximum Gasteiger partial charge on any atom is 0.320 e. The molecular formula is C15H23N3O3. The highest BCUT2D eigenvalue weighted by atomic mass is 16.5. The maximum atomic E-state index is 11.6. The largest absolute Gasteiger partial charge is 0.480 e. The molecule has 2 aliphatic rings. The molecule has 0 spiro atoms. The molecule has 0 aromatic carbocycles. The molecule has 1 saturated heterocycles. The van der Waals surface area contributed by atoms with E-state index in [1.807, 2.05) is 13.8 Å². The summed E-state index contributed by atoms with van der Waals surface area (Å²) in [6.07, 6.45) is 5.39. The van der Waals surface area contributed by atoms with Gasteiger partial charge in [-0.05, 0) is 25.2 Å². The molecule has 2 heterocycles. The molecule has 1 aromatic heterocycles. The molecule has 0 amide bonds. The molecule has 1 saturated carbocycles. The standard InChI is InChI=1S/C15H23N3O3/c1-9(2)14-16-13(21-17-14)8-18-11-6-4-3-5-10(11)7-12(18)15(19)20/h9-12H,3-8H2,1-2H3,(H,19,20). The Kier molecular flexibility index (Phi) is 3.97. The second kappa shape index (κ2) is 5.75. The molecule has 6 heteroatoms. The zero-order valence-electron chi connectivity index (χ0n) is 12.7. The van der Waals surface area contributed by atoms with Gasteiger partial charge in [0.2, 0.25) is 5.89 Å². The van der Waals surface area contributed by atoms with E-state index in [1.165, 1.54) is 12.8 Å². The van der Waals surface area contributed by atoms with Gasteiger partial charge >= 0.3 is 5.97 Å². The predicted molar refractivity (Wildman–Crippen MR) is 75.7 cm³/mol. The van der Waals surface area contributed by atoms with Gasteiger partial charge in [-0.3, -0.25) is 9.69 Å². The van der Waals surface area contributed by atoms with Gasteiger partial charge in [0, 0.05) is 12.0 Å². The van der Waals surface area contributed by atoms with Crippen LogP contribution in [0.2, 0.25) is 0 Å². The highest BCUT2D eigenvalue weighted by Crippen LogP contribution is 2.40. The molecule has 2 fully saturated rings. The summed E-state index contributed by atoms with van der Waals surface area (Å²) in [4.78, 5) is 18.0. The van der Waals surface area contributed by atoms with Crippen molar-refractivity contribution in [2.75, 3.05) is 0 Å². The van der Waals surface area contributed by atoms with E-state index in [0.29, 0.717) is 30.2 Å². The molecule has 1 aliphatic carbocycles. The molecule has 21 heavy (non-hydrogen) atoms. The summed E-state index contributed by atoms with van der Waals surface area (Å²) >= 11 is 0. The quantitative estimate of drug-likeness (QED) is 0.918. The summed E-state index contributed by atoms with van der Waals surface area (Å²) in [6, 6.07) is -0.0539. The summed E-state index contributed by atoms with van der Waals surface area (Å²) in [6.45, 7) is 4.49. The number of nitrogens with zero attached hydrogens (tertiary/aromatic N) is 3. The van der Waals surface area contributed by atoms with Gasteiger partial charge in [-0.1, -0.05) is 31.8 Å². The van der Waals surface area contributed by atoms with Crippen molar-refractivity contribution in [3.05, 3.63) is 11.7 Å². The van der Waals surface area contributed by atoms with Crippen LogP contribution in [0.1, 0.15) is 63.6 Å². The van der Waals surface area contributed by atoms with Crippen LogP contribution >= 0.6 is 0 Å². The Bertz CT molecular complexity index is 514. The molecule has 1 aromatic rings. The van der Waals surface area contributed by atoms with Crippen LogP contribution < -0.4 is 0 Å². The first kappa shape index (κ1) is 14.5. The van der Waals surface area contributed by atoms with E-state index in [9.17, 15) is 9.90 Å². The van der Waals surface area contributed by atoms with E-state index < -0.39 is 12.0 Å². The van der Waals surface area contributed by atoms with Gasteiger partial charge in [0.1, 0.15) is 6.04 Å². The molecule has 1 N–H and O–H groups in total.